The lowest BCUT2D eigenvalue weighted by Gasteiger charge is -2.37. The zero-order valence-electron chi connectivity index (χ0n) is 26.9. The lowest BCUT2D eigenvalue weighted by molar-refractivity contribution is -0.145. The van der Waals surface area contributed by atoms with Gasteiger partial charge in [0.1, 0.15) is 24.2 Å². The lowest BCUT2D eigenvalue weighted by atomic mass is 9.97. The molecule has 49 heavy (non-hydrogen) atoms. The summed E-state index contributed by atoms with van der Waals surface area (Å²) in [6, 6.07) is 7.35. The molecular weight excluding hydrogens is 658 g/mol. The molecule has 0 radical (unpaired) electrons. The highest BCUT2D eigenvalue weighted by Gasteiger charge is 2.38. The van der Waals surface area contributed by atoms with Crippen LogP contribution in [0.2, 0.25) is 0 Å². The molecule has 0 unspecified atom stereocenters. The zero-order chi connectivity index (χ0) is 36.1. The molecule has 2 aromatic rings. The van der Waals surface area contributed by atoms with Gasteiger partial charge in [-0.1, -0.05) is 49.0 Å². The van der Waals surface area contributed by atoms with E-state index >= 15 is 0 Å². The Morgan fingerprint density at radius 3 is 2.33 bits per heavy atom. The van der Waals surface area contributed by atoms with Gasteiger partial charge in [-0.05, 0) is 54.9 Å². The summed E-state index contributed by atoms with van der Waals surface area (Å²) in [6.45, 7) is 3.43. The highest BCUT2D eigenvalue weighted by Crippen LogP contribution is 2.21. The smallest absolute Gasteiger partial charge is 0.312 e. The van der Waals surface area contributed by atoms with Crippen LogP contribution in [0.25, 0.3) is 10.8 Å². The van der Waals surface area contributed by atoms with Gasteiger partial charge >= 0.3 is 12.0 Å². The van der Waals surface area contributed by atoms with Gasteiger partial charge in [0.05, 0.1) is 0 Å². The molecule has 9 N–H and O–H groups in total. The summed E-state index contributed by atoms with van der Waals surface area (Å²) < 4.78 is 26.7. The van der Waals surface area contributed by atoms with Gasteiger partial charge in [0, 0.05) is 31.3 Å². The maximum absolute atomic E-state index is 13.9. The number of sulfonamides is 1. The number of hydrogen-bond acceptors (Lipinski definition) is 8. The number of carbonyl (C=O) groups excluding carboxylic acids is 5. The van der Waals surface area contributed by atoms with E-state index in [2.05, 4.69) is 27.3 Å². The van der Waals surface area contributed by atoms with Gasteiger partial charge in [0.2, 0.25) is 33.7 Å². The number of carboxylic acids is 1. The van der Waals surface area contributed by atoms with Gasteiger partial charge in [0.15, 0.2) is 0 Å². The van der Waals surface area contributed by atoms with Crippen molar-refractivity contribution in [3.8, 4) is 0 Å². The second kappa shape index (κ2) is 17.9. The number of carbonyl (C=O) groups is 6. The van der Waals surface area contributed by atoms with Crippen molar-refractivity contribution in [2.45, 2.75) is 75.5 Å². The number of nitrogens with one attached hydrogen (secondary N) is 4. The molecular formula is C32H43N7O9S. The SMILES string of the molecule is C=CS(=O)(=O)N[C@@H](CCC(=O)O)C(=O)N1CCCC[C@H]1C(=O)N[C@@H](Cc1ccc2ccccc2c1)C(=O)N[C@@H](CCCNC(N)=O)C(N)=O. The van der Waals surface area contributed by atoms with Gasteiger partial charge in [0.25, 0.3) is 0 Å². The Labute approximate surface area is 284 Å². The Bertz CT molecular complexity index is 1670. The monoisotopic (exact) mass is 701 g/mol. The van der Waals surface area contributed by atoms with Gasteiger partial charge < -0.3 is 37.4 Å². The number of primary amides is 2. The normalized spacial score (nSPS) is 16.5. The maximum atomic E-state index is 13.9. The predicted octanol–water partition coefficient (Wildman–Crippen LogP) is -0.0369. The summed E-state index contributed by atoms with van der Waals surface area (Å²) in [5.41, 5.74) is 11.3. The minimum Gasteiger partial charge on any atom is -0.481 e. The molecule has 0 saturated carbocycles. The van der Waals surface area contributed by atoms with Crippen LogP contribution >= 0.6 is 0 Å². The molecule has 1 aliphatic rings. The van der Waals surface area contributed by atoms with Crippen LogP contribution in [-0.4, -0.2) is 91.3 Å². The number of benzene rings is 2. The number of rotatable bonds is 18. The summed E-state index contributed by atoms with van der Waals surface area (Å²) in [4.78, 5) is 76.9. The summed E-state index contributed by atoms with van der Waals surface area (Å²) in [5, 5.41) is 19.3. The van der Waals surface area contributed by atoms with Crippen LogP contribution in [0.1, 0.15) is 50.5 Å². The third kappa shape index (κ3) is 11.9. The van der Waals surface area contributed by atoms with Crippen molar-refractivity contribution in [2.75, 3.05) is 13.1 Å². The largest absolute Gasteiger partial charge is 0.481 e. The number of piperidine rings is 1. The summed E-state index contributed by atoms with van der Waals surface area (Å²) in [5.74, 6) is -4.29. The molecule has 6 amide bonds. The Hall–Kier alpha value is -5.03. The van der Waals surface area contributed by atoms with E-state index in [1.54, 1.807) is 6.07 Å². The maximum Gasteiger partial charge on any atom is 0.312 e. The first-order valence-corrected chi connectivity index (χ1v) is 17.3. The van der Waals surface area contributed by atoms with Crippen molar-refractivity contribution in [3.05, 3.63) is 60.0 Å². The van der Waals surface area contributed by atoms with Crippen LogP contribution < -0.4 is 32.1 Å². The van der Waals surface area contributed by atoms with Gasteiger partial charge in [-0.15, -0.1) is 0 Å². The molecule has 17 heteroatoms. The lowest BCUT2D eigenvalue weighted by Crippen LogP contribution is -2.60. The van der Waals surface area contributed by atoms with Crippen molar-refractivity contribution in [3.63, 3.8) is 0 Å². The van der Waals surface area contributed by atoms with Gasteiger partial charge in [-0.2, -0.15) is 4.72 Å². The van der Waals surface area contributed by atoms with E-state index in [0.717, 1.165) is 10.8 Å². The van der Waals surface area contributed by atoms with Crippen LogP contribution in [0.3, 0.4) is 0 Å². The number of likely N-dealkylation sites (tertiary alicyclic amines) is 1. The Morgan fingerprint density at radius 1 is 0.959 bits per heavy atom. The number of fused-ring (bicyclic) bond motifs is 1. The van der Waals surface area contributed by atoms with Crippen LogP contribution in [0, 0.1) is 0 Å². The first-order valence-electron chi connectivity index (χ1n) is 15.8. The van der Waals surface area contributed by atoms with E-state index in [9.17, 15) is 42.3 Å². The van der Waals surface area contributed by atoms with E-state index in [0.29, 0.717) is 23.8 Å². The fraction of sp³-hybridized carbons (Fsp3) is 0.438. The Kier molecular flexibility index (Phi) is 14.1. The number of urea groups is 1. The second-order valence-electron chi connectivity index (χ2n) is 11.7. The molecule has 1 aliphatic heterocycles. The van der Waals surface area contributed by atoms with Crippen molar-refractivity contribution in [1.82, 2.24) is 25.6 Å². The van der Waals surface area contributed by atoms with E-state index in [1.807, 2.05) is 36.4 Å². The van der Waals surface area contributed by atoms with Crippen molar-refractivity contribution >= 4 is 56.4 Å². The van der Waals surface area contributed by atoms with E-state index in [4.69, 9.17) is 11.5 Å². The highest BCUT2D eigenvalue weighted by molar-refractivity contribution is 7.92. The standard InChI is InChI=1S/C32H43N7O9S/c1-2-49(47,48)38-24(14-15-27(40)41)31(45)39-17-6-5-11-26(39)30(44)37-25(19-20-12-13-21-8-3-4-9-22(21)18-20)29(43)36-23(28(33)42)10-7-16-35-32(34)46/h2-4,8-9,12-13,18,23-26,38H,1,5-7,10-11,14-17,19H2,(H2,33,42)(H,36,43)(H,37,44)(H,40,41)(H3,34,35,46)/t23-,24-,25-,26-/m0/s1. The topological polar surface area (TPSA) is 260 Å². The summed E-state index contributed by atoms with van der Waals surface area (Å²) in [7, 11) is -4.14. The fourth-order valence-corrected chi connectivity index (χ4v) is 6.28. The number of carboxylic acid groups (broad SMARTS) is 1. The average molecular weight is 702 g/mol. The molecule has 2 aromatic carbocycles. The van der Waals surface area contributed by atoms with Crippen LogP contribution in [0.15, 0.2) is 54.5 Å². The molecule has 3 rings (SSSR count). The molecule has 1 heterocycles. The number of amides is 6. The quantitative estimate of drug-likeness (QED) is 0.103. The van der Waals surface area contributed by atoms with Crippen LogP contribution in [-0.2, 0) is 40.4 Å². The van der Waals surface area contributed by atoms with Crippen LogP contribution in [0.4, 0.5) is 4.79 Å². The van der Waals surface area contributed by atoms with Crippen LogP contribution in [0.5, 0.6) is 0 Å². The second-order valence-corrected chi connectivity index (χ2v) is 13.4. The van der Waals surface area contributed by atoms with Gasteiger partial charge in [-0.3, -0.25) is 24.0 Å². The van der Waals surface area contributed by atoms with Gasteiger partial charge in [-0.25, -0.2) is 13.2 Å². The number of nitrogens with zero attached hydrogens (tertiary/aromatic N) is 1. The van der Waals surface area contributed by atoms with Crippen molar-refractivity contribution in [1.29, 1.82) is 0 Å². The number of hydrogen-bond donors (Lipinski definition) is 7. The average Bonchev–Trinajstić information content (AvgIpc) is 3.06. The Morgan fingerprint density at radius 2 is 1.67 bits per heavy atom. The number of aliphatic carboxylic acids is 1. The zero-order valence-corrected chi connectivity index (χ0v) is 27.7. The molecule has 16 nitrogen and oxygen atoms in total. The Balaban J connectivity index is 1.88. The molecule has 1 saturated heterocycles. The van der Waals surface area contributed by atoms with Crippen molar-refractivity contribution < 1.29 is 42.3 Å². The molecule has 266 valence electrons. The molecule has 0 spiro atoms. The summed E-state index contributed by atoms with van der Waals surface area (Å²) in [6.07, 6.45) is 0.678. The molecule has 0 bridgehead atoms. The molecule has 0 aliphatic carbocycles. The third-order valence-electron chi connectivity index (χ3n) is 8.07. The van der Waals surface area contributed by atoms with E-state index < -0.39 is 76.2 Å². The molecule has 0 aromatic heterocycles. The van der Waals surface area contributed by atoms with E-state index in [-0.39, 0.29) is 45.2 Å². The minimum absolute atomic E-state index is 0.00183. The first-order chi connectivity index (χ1) is 23.2. The minimum atomic E-state index is -4.14. The number of nitrogens with two attached hydrogens (primary N) is 2. The molecule has 1 fully saturated rings. The fourth-order valence-electron chi connectivity index (χ4n) is 5.57. The third-order valence-corrected chi connectivity index (χ3v) is 9.13. The first kappa shape index (κ1) is 38.4. The van der Waals surface area contributed by atoms with E-state index in [1.165, 1.54) is 4.90 Å². The highest BCUT2D eigenvalue weighted by atomic mass is 32.2. The predicted molar refractivity (Wildman–Crippen MR) is 180 cm³/mol. The van der Waals surface area contributed by atoms with Crippen molar-refractivity contribution in [2.24, 2.45) is 11.5 Å². The summed E-state index contributed by atoms with van der Waals surface area (Å²) >= 11 is 0. The molecule has 4 atom stereocenters.